The van der Waals surface area contributed by atoms with Gasteiger partial charge < -0.3 is 5.32 Å². The Balaban J connectivity index is 1.36. The number of anilines is 1. The molecule has 0 atom stereocenters. The first kappa shape index (κ1) is 23.5. The predicted molar refractivity (Wildman–Crippen MR) is 127 cm³/mol. The number of aryl methyl sites for hydroxylation is 2. The Kier molecular flexibility index (Phi) is 6.92. The Hall–Kier alpha value is -2.62. The Morgan fingerprint density at radius 2 is 1.79 bits per heavy atom. The second-order valence-corrected chi connectivity index (χ2v) is 11.3. The molecule has 6 nitrogen and oxygen atoms in total. The van der Waals surface area contributed by atoms with E-state index in [0.717, 1.165) is 16.1 Å². The number of rotatable bonds is 6. The van der Waals surface area contributed by atoms with E-state index >= 15 is 0 Å². The summed E-state index contributed by atoms with van der Waals surface area (Å²) in [4.78, 5) is 18.4. The van der Waals surface area contributed by atoms with Gasteiger partial charge in [-0.15, -0.1) is 11.3 Å². The number of carbonyl (C=O) groups excluding carboxylic acids is 1. The molecule has 0 unspecified atom stereocenters. The maximum Gasteiger partial charge on any atom is 0.243 e. The Morgan fingerprint density at radius 1 is 1.12 bits per heavy atom. The molecule has 1 N–H and O–H groups in total. The lowest BCUT2D eigenvalue weighted by Gasteiger charge is -2.30. The molecule has 0 bridgehead atoms. The minimum absolute atomic E-state index is 0.159. The van der Waals surface area contributed by atoms with Crippen LogP contribution >= 0.6 is 11.3 Å². The van der Waals surface area contributed by atoms with E-state index in [1.807, 2.05) is 13.8 Å². The highest BCUT2D eigenvalue weighted by atomic mass is 32.2. The normalized spacial score (nSPS) is 15.5. The van der Waals surface area contributed by atoms with Crippen LogP contribution in [0.15, 0.2) is 53.4 Å². The molecule has 0 aliphatic carbocycles. The molecule has 1 aliphatic heterocycles. The van der Waals surface area contributed by atoms with Crippen LogP contribution in [0.4, 0.5) is 9.52 Å². The fourth-order valence-electron chi connectivity index (χ4n) is 3.89. The highest BCUT2D eigenvalue weighted by Crippen LogP contribution is 2.29. The van der Waals surface area contributed by atoms with Crippen LogP contribution in [0, 0.1) is 25.6 Å². The van der Waals surface area contributed by atoms with Gasteiger partial charge in [0.2, 0.25) is 15.9 Å². The largest absolute Gasteiger partial charge is 0.302 e. The number of sulfonamides is 1. The van der Waals surface area contributed by atoms with E-state index in [0.29, 0.717) is 43.0 Å². The molecule has 2 heterocycles. The molecule has 33 heavy (non-hydrogen) atoms. The van der Waals surface area contributed by atoms with Gasteiger partial charge in [0, 0.05) is 30.3 Å². The van der Waals surface area contributed by atoms with E-state index in [1.54, 1.807) is 42.5 Å². The summed E-state index contributed by atoms with van der Waals surface area (Å²) in [5.41, 5.74) is 2.35. The number of hydrogen-bond donors (Lipinski definition) is 1. The van der Waals surface area contributed by atoms with Gasteiger partial charge in [-0.2, -0.15) is 4.31 Å². The van der Waals surface area contributed by atoms with E-state index in [1.165, 1.54) is 21.7 Å². The number of nitrogens with one attached hydrogen (secondary N) is 1. The lowest BCUT2D eigenvalue weighted by Crippen LogP contribution is -2.41. The highest BCUT2D eigenvalue weighted by Gasteiger charge is 2.32. The summed E-state index contributed by atoms with van der Waals surface area (Å²) in [6.07, 6.45) is 1.31. The van der Waals surface area contributed by atoms with Gasteiger partial charge in [-0.3, -0.25) is 4.79 Å². The first-order chi connectivity index (χ1) is 15.7. The molecule has 0 spiro atoms. The Labute approximate surface area is 197 Å². The van der Waals surface area contributed by atoms with Crippen LogP contribution in [0.25, 0.3) is 0 Å². The standard InChI is InChI=1S/C24H26FN3O3S2/c1-16-7-9-20(10-8-16)33(30,31)28-13-11-18(12-14-28)23(29)27-24-26-17(2)22(32-24)15-19-5-3-4-6-21(19)25/h3-10,18H,11-15H2,1-2H3,(H,26,27,29). The van der Waals surface area contributed by atoms with Gasteiger partial charge in [-0.05, 0) is 50.5 Å². The maximum atomic E-state index is 14.0. The van der Waals surface area contributed by atoms with Gasteiger partial charge >= 0.3 is 0 Å². The number of benzene rings is 2. The van der Waals surface area contributed by atoms with Crippen LogP contribution in [0.1, 0.15) is 34.5 Å². The predicted octanol–water partition coefficient (Wildman–Crippen LogP) is 4.53. The van der Waals surface area contributed by atoms with Crippen molar-refractivity contribution in [1.29, 1.82) is 0 Å². The van der Waals surface area contributed by atoms with E-state index in [9.17, 15) is 17.6 Å². The number of aromatic nitrogens is 1. The fraction of sp³-hybridized carbons (Fsp3) is 0.333. The molecule has 4 rings (SSSR count). The zero-order chi connectivity index (χ0) is 23.6. The Bertz CT molecular complexity index is 1250. The number of hydrogen-bond acceptors (Lipinski definition) is 5. The van der Waals surface area contributed by atoms with Crippen LogP contribution in [-0.2, 0) is 21.2 Å². The average molecular weight is 488 g/mol. The van der Waals surface area contributed by atoms with Crippen molar-refractivity contribution in [3.8, 4) is 0 Å². The number of halogens is 1. The number of nitrogens with zero attached hydrogens (tertiary/aromatic N) is 2. The number of carbonyl (C=O) groups is 1. The van der Waals surface area contributed by atoms with E-state index in [-0.39, 0.29) is 22.5 Å². The summed E-state index contributed by atoms with van der Waals surface area (Å²) in [6, 6.07) is 13.4. The summed E-state index contributed by atoms with van der Waals surface area (Å²) >= 11 is 1.34. The van der Waals surface area contributed by atoms with Crippen LogP contribution in [0.3, 0.4) is 0 Å². The first-order valence-electron chi connectivity index (χ1n) is 10.8. The lowest BCUT2D eigenvalue weighted by atomic mass is 9.97. The van der Waals surface area contributed by atoms with Crippen LogP contribution in [0.5, 0.6) is 0 Å². The Morgan fingerprint density at radius 3 is 2.45 bits per heavy atom. The van der Waals surface area contributed by atoms with Gasteiger partial charge in [0.25, 0.3) is 0 Å². The van der Waals surface area contributed by atoms with E-state index in [2.05, 4.69) is 10.3 Å². The molecular weight excluding hydrogens is 461 g/mol. The van der Waals surface area contributed by atoms with Gasteiger partial charge in [0.05, 0.1) is 10.6 Å². The van der Waals surface area contributed by atoms with E-state index in [4.69, 9.17) is 0 Å². The molecule has 0 saturated carbocycles. The molecule has 2 aromatic carbocycles. The fourth-order valence-corrected chi connectivity index (χ4v) is 6.34. The molecule has 1 saturated heterocycles. The van der Waals surface area contributed by atoms with Crippen molar-refractivity contribution in [3.05, 3.63) is 76.0 Å². The molecule has 0 radical (unpaired) electrons. The van der Waals surface area contributed by atoms with Gasteiger partial charge in [-0.1, -0.05) is 35.9 Å². The molecule has 1 amide bonds. The summed E-state index contributed by atoms with van der Waals surface area (Å²) in [6.45, 7) is 4.34. The van der Waals surface area contributed by atoms with Gasteiger partial charge in [0.1, 0.15) is 5.82 Å². The number of amides is 1. The third kappa shape index (κ3) is 5.31. The first-order valence-corrected chi connectivity index (χ1v) is 13.1. The van der Waals surface area contributed by atoms with Crippen molar-refractivity contribution in [1.82, 2.24) is 9.29 Å². The third-order valence-corrected chi connectivity index (χ3v) is 8.90. The molecule has 9 heteroatoms. The second kappa shape index (κ2) is 9.70. The van der Waals surface area contributed by atoms with Crippen LogP contribution in [-0.4, -0.2) is 36.7 Å². The number of piperidine rings is 1. The average Bonchev–Trinajstić information content (AvgIpc) is 3.14. The molecule has 1 aliphatic rings. The second-order valence-electron chi connectivity index (χ2n) is 8.28. The van der Waals surface area contributed by atoms with Gasteiger partial charge in [-0.25, -0.2) is 17.8 Å². The summed E-state index contributed by atoms with van der Waals surface area (Å²) < 4.78 is 41.2. The van der Waals surface area contributed by atoms with Crippen molar-refractivity contribution in [2.45, 2.75) is 38.0 Å². The van der Waals surface area contributed by atoms with Crippen molar-refractivity contribution in [2.75, 3.05) is 18.4 Å². The monoisotopic (exact) mass is 487 g/mol. The highest BCUT2D eigenvalue weighted by molar-refractivity contribution is 7.89. The molecule has 174 valence electrons. The van der Waals surface area contributed by atoms with E-state index < -0.39 is 10.0 Å². The SMILES string of the molecule is Cc1ccc(S(=O)(=O)N2CCC(C(=O)Nc3nc(C)c(Cc4ccccc4F)s3)CC2)cc1. The van der Waals surface area contributed by atoms with Crippen molar-refractivity contribution < 1.29 is 17.6 Å². The lowest BCUT2D eigenvalue weighted by molar-refractivity contribution is -0.120. The molecule has 1 aromatic heterocycles. The molecule has 3 aromatic rings. The van der Waals surface area contributed by atoms with Crippen LogP contribution < -0.4 is 5.32 Å². The zero-order valence-electron chi connectivity index (χ0n) is 18.5. The van der Waals surface area contributed by atoms with Crippen molar-refractivity contribution in [3.63, 3.8) is 0 Å². The quantitative estimate of drug-likeness (QED) is 0.554. The van der Waals surface area contributed by atoms with Crippen molar-refractivity contribution >= 4 is 32.4 Å². The summed E-state index contributed by atoms with van der Waals surface area (Å²) in [7, 11) is -3.56. The van der Waals surface area contributed by atoms with Gasteiger partial charge in [0.15, 0.2) is 5.13 Å². The summed E-state index contributed by atoms with van der Waals surface area (Å²) in [5.74, 6) is -0.703. The number of thiazole rings is 1. The smallest absolute Gasteiger partial charge is 0.243 e. The summed E-state index contributed by atoms with van der Waals surface area (Å²) in [5, 5.41) is 3.36. The minimum Gasteiger partial charge on any atom is -0.302 e. The topological polar surface area (TPSA) is 79.4 Å². The zero-order valence-corrected chi connectivity index (χ0v) is 20.2. The molecule has 1 fully saturated rings. The maximum absolute atomic E-state index is 14.0. The van der Waals surface area contributed by atoms with Crippen LogP contribution in [0.2, 0.25) is 0 Å². The third-order valence-electron chi connectivity index (χ3n) is 5.92. The molecular formula is C24H26FN3O3S2. The van der Waals surface area contributed by atoms with Crippen molar-refractivity contribution in [2.24, 2.45) is 5.92 Å². The minimum atomic E-state index is -3.56.